The molecule has 5 heteroatoms. The highest BCUT2D eigenvalue weighted by Gasteiger charge is 2.26. The molecule has 1 aromatic carbocycles. The van der Waals surface area contributed by atoms with Crippen LogP contribution >= 0.6 is 11.3 Å². The number of thiophene rings is 1. The average molecular weight is 346 g/mol. The molecule has 2 heterocycles. The Kier molecular flexibility index (Phi) is 5.76. The van der Waals surface area contributed by atoms with Gasteiger partial charge in [0.25, 0.3) is 0 Å². The summed E-state index contributed by atoms with van der Waals surface area (Å²) in [6.45, 7) is 8.97. The minimum Gasteiger partial charge on any atom is -0.493 e. The van der Waals surface area contributed by atoms with Crippen LogP contribution in [0.25, 0.3) is 0 Å². The highest BCUT2D eigenvalue weighted by Crippen LogP contribution is 2.37. The molecule has 130 valence electrons. The molecule has 2 aromatic rings. The van der Waals surface area contributed by atoms with E-state index >= 15 is 0 Å². The summed E-state index contributed by atoms with van der Waals surface area (Å²) in [7, 11) is 1.71. The van der Waals surface area contributed by atoms with Crippen molar-refractivity contribution in [1.29, 1.82) is 0 Å². The van der Waals surface area contributed by atoms with Crippen LogP contribution in [0.5, 0.6) is 11.5 Å². The monoisotopic (exact) mass is 346 g/mol. The number of aryl methyl sites for hydroxylation is 1. The molecule has 1 N–H and O–H groups in total. The van der Waals surface area contributed by atoms with Gasteiger partial charge in [-0.05, 0) is 48.6 Å². The van der Waals surface area contributed by atoms with Crippen LogP contribution in [-0.4, -0.2) is 44.8 Å². The zero-order chi connectivity index (χ0) is 16.9. The topological polar surface area (TPSA) is 33.7 Å². The average Bonchev–Trinajstić information content (AvgIpc) is 3.03. The van der Waals surface area contributed by atoms with E-state index < -0.39 is 0 Å². The van der Waals surface area contributed by atoms with E-state index in [0.717, 1.165) is 37.7 Å². The van der Waals surface area contributed by atoms with Crippen LogP contribution in [0.3, 0.4) is 0 Å². The third-order valence-electron chi connectivity index (χ3n) is 4.34. The van der Waals surface area contributed by atoms with Crippen molar-refractivity contribution >= 4 is 11.3 Å². The van der Waals surface area contributed by atoms with E-state index in [-0.39, 0.29) is 6.04 Å². The molecule has 1 aromatic heterocycles. The molecule has 0 amide bonds. The van der Waals surface area contributed by atoms with E-state index in [2.05, 4.69) is 40.7 Å². The Morgan fingerprint density at radius 1 is 1.21 bits per heavy atom. The minimum absolute atomic E-state index is 0.273. The van der Waals surface area contributed by atoms with E-state index in [1.165, 1.54) is 16.0 Å². The third kappa shape index (κ3) is 3.74. The number of ether oxygens (including phenoxy) is 2. The van der Waals surface area contributed by atoms with Gasteiger partial charge in [-0.25, -0.2) is 0 Å². The van der Waals surface area contributed by atoms with Crippen LogP contribution in [0.15, 0.2) is 29.6 Å². The normalized spacial score (nSPS) is 16.8. The maximum absolute atomic E-state index is 5.67. The van der Waals surface area contributed by atoms with Gasteiger partial charge in [-0.15, -0.1) is 11.3 Å². The van der Waals surface area contributed by atoms with Gasteiger partial charge in [0.15, 0.2) is 11.5 Å². The van der Waals surface area contributed by atoms with Gasteiger partial charge in [0.05, 0.1) is 19.8 Å². The third-order valence-corrected chi connectivity index (χ3v) is 5.44. The summed E-state index contributed by atoms with van der Waals surface area (Å²) in [6.07, 6.45) is 0. The SMILES string of the molecule is CCOc1ccc(C(c2cc(C)cs2)N2CCNCC2)cc1OC. The van der Waals surface area contributed by atoms with E-state index in [4.69, 9.17) is 9.47 Å². The number of hydrogen-bond acceptors (Lipinski definition) is 5. The molecule has 1 unspecified atom stereocenters. The summed E-state index contributed by atoms with van der Waals surface area (Å²) in [5.74, 6) is 1.62. The van der Waals surface area contributed by atoms with E-state index in [0.29, 0.717) is 6.61 Å². The first-order valence-electron chi connectivity index (χ1n) is 8.53. The molecule has 0 aliphatic carbocycles. The molecule has 1 aliphatic heterocycles. The van der Waals surface area contributed by atoms with Crippen molar-refractivity contribution in [2.45, 2.75) is 19.9 Å². The van der Waals surface area contributed by atoms with Gasteiger partial charge in [-0.2, -0.15) is 0 Å². The predicted octanol–water partition coefficient (Wildman–Crippen LogP) is 3.46. The molecule has 0 spiro atoms. The summed E-state index contributed by atoms with van der Waals surface area (Å²) < 4.78 is 11.2. The molecule has 1 saturated heterocycles. The highest BCUT2D eigenvalue weighted by atomic mass is 32.1. The Morgan fingerprint density at radius 2 is 2.00 bits per heavy atom. The molecule has 1 aliphatic rings. The summed E-state index contributed by atoms with van der Waals surface area (Å²) in [6, 6.07) is 8.92. The number of benzene rings is 1. The molecule has 1 fully saturated rings. The van der Waals surface area contributed by atoms with Gasteiger partial charge < -0.3 is 14.8 Å². The van der Waals surface area contributed by atoms with Gasteiger partial charge >= 0.3 is 0 Å². The number of nitrogens with one attached hydrogen (secondary N) is 1. The lowest BCUT2D eigenvalue weighted by molar-refractivity contribution is 0.200. The lowest BCUT2D eigenvalue weighted by Crippen LogP contribution is -2.45. The Hall–Kier alpha value is -1.56. The lowest BCUT2D eigenvalue weighted by Gasteiger charge is -2.35. The summed E-state index contributed by atoms with van der Waals surface area (Å²) >= 11 is 1.84. The van der Waals surface area contributed by atoms with Crippen LogP contribution in [0.2, 0.25) is 0 Å². The molecular formula is C19H26N2O2S. The Labute approximate surface area is 148 Å². The van der Waals surface area contributed by atoms with Crippen LogP contribution in [0.1, 0.15) is 29.0 Å². The quantitative estimate of drug-likeness (QED) is 0.868. The molecule has 1 atom stereocenters. The second-order valence-electron chi connectivity index (χ2n) is 6.06. The second-order valence-corrected chi connectivity index (χ2v) is 7.00. The zero-order valence-corrected chi connectivity index (χ0v) is 15.5. The van der Waals surface area contributed by atoms with Crippen LogP contribution in [-0.2, 0) is 0 Å². The Balaban J connectivity index is 1.98. The summed E-state index contributed by atoms with van der Waals surface area (Å²) in [4.78, 5) is 3.94. The number of hydrogen-bond donors (Lipinski definition) is 1. The van der Waals surface area contributed by atoms with Gasteiger partial charge in [0, 0.05) is 31.1 Å². The molecule has 3 rings (SSSR count). The molecule has 0 radical (unpaired) electrons. The van der Waals surface area contributed by atoms with E-state index in [9.17, 15) is 0 Å². The lowest BCUT2D eigenvalue weighted by atomic mass is 10.0. The molecule has 4 nitrogen and oxygen atoms in total. The molecule has 0 saturated carbocycles. The Bertz CT molecular complexity index is 665. The summed E-state index contributed by atoms with van der Waals surface area (Å²) in [5.41, 5.74) is 2.59. The second kappa shape index (κ2) is 8.01. The highest BCUT2D eigenvalue weighted by molar-refractivity contribution is 7.10. The molecule has 0 bridgehead atoms. The Morgan fingerprint density at radius 3 is 2.62 bits per heavy atom. The largest absolute Gasteiger partial charge is 0.493 e. The first-order valence-corrected chi connectivity index (χ1v) is 9.41. The van der Waals surface area contributed by atoms with Crippen LogP contribution < -0.4 is 14.8 Å². The van der Waals surface area contributed by atoms with Crippen molar-refractivity contribution in [2.75, 3.05) is 39.9 Å². The molecular weight excluding hydrogens is 320 g/mol. The van der Waals surface area contributed by atoms with Gasteiger partial charge in [-0.1, -0.05) is 6.07 Å². The number of piperazine rings is 1. The van der Waals surface area contributed by atoms with E-state index in [1.807, 2.05) is 24.3 Å². The first-order chi connectivity index (χ1) is 11.7. The van der Waals surface area contributed by atoms with Gasteiger partial charge in [0.1, 0.15) is 0 Å². The number of rotatable bonds is 6. The minimum atomic E-state index is 0.273. The van der Waals surface area contributed by atoms with Crippen molar-refractivity contribution in [2.24, 2.45) is 0 Å². The van der Waals surface area contributed by atoms with Crippen molar-refractivity contribution in [1.82, 2.24) is 10.2 Å². The fourth-order valence-corrected chi connectivity index (χ4v) is 4.28. The zero-order valence-electron chi connectivity index (χ0n) is 14.7. The van der Waals surface area contributed by atoms with Crippen molar-refractivity contribution < 1.29 is 9.47 Å². The standard InChI is InChI=1S/C19H26N2O2S/c1-4-23-16-6-5-15(12-17(16)22-3)19(18-11-14(2)13-24-18)21-9-7-20-8-10-21/h5-6,11-13,19-20H,4,7-10H2,1-3H3. The predicted molar refractivity (Wildman–Crippen MR) is 99.5 cm³/mol. The maximum atomic E-state index is 5.67. The van der Waals surface area contributed by atoms with Crippen molar-refractivity contribution in [3.8, 4) is 11.5 Å². The smallest absolute Gasteiger partial charge is 0.161 e. The number of nitrogens with zero attached hydrogens (tertiary/aromatic N) is 1. The van der Waals surface area contributed by atoms with Crippen molar-refractivity contribution in [3.05, 3.63) is 45.6 Å². The first kappa shape index (κ1) is 17.3. The molecule has 24 heavy (non-hydrogen) atoms. The summed E-state index contributed by atoms with van der Waals surface area (Å²) in [5, 5.41) is 5.68. The maximum Gasteiger partial charge on any atom is 0.161 e. The fraction of sp³-hybridized carbons (Fsp3) is 0.474. The van der Waals surface area contributed by atoms with Gasteiger partial charge in [-0.3, -0.25) is 4.90 Å². The van der Waals surface area contributed by atoms with Gasteiger partial charge in [0.2, 0.25) is 0 Å². The van der Waals surface area contributed by atoms with E-state index in [1.54, 1.807) is 7.11 Å². The van der Waals surface area contributed by atoms with Crippen molar-refractivity contribution in [3.63, 3.8) is 0 Å². The number of methoxy groups -OCH3 is 1. The fourth-order valence-electron chi connectivity index (χ4n) is 3.22. The van der Waals surface area contributed by atoms with Crippen LogP contribution in [0, 0.1) is 6.92 Å². The van der Waals surface area contributed by atoms with Crippen LogP contribution in [0.4, 0.5) is 0 Å².